The van der Waals surface area contributed by atoms with Crippen LogP contribution >= 0.6 is 35.0 Å². The Hall–Kier alpha value is 0.150. The fourth-order valence-corrected chi connectivity index (χ4v) is 1.82. The van der Waals surface area contributed by atoms with Gasteiger partial charge in [-0.1, -0.05) is 36.2 Å². The van der Waals surface area contributed by atoms with Gasteiger partial charge >= 0.3 is 0 Å². The maximum atomic E-state index is 5.90. The van der Waals surface area contributed by atoms with Crippen molar-refractivity contribution in [2.24, 2.45) is 0 Å². The fourth-order valence-electron chi connectivity index (χ4n) is 0.702. The number of benzene rings is 1. The summed E-state index contributed by atoms with van der Waals surface area (Å²) in [5.74, 6) is 1.97. The van der Waals surface area contributed by atoms with E-state index in [0.717, 1.165) is 4.90 Å². The summed E-state index contributed by atoms with van der Waals surface area (Å²) in [6.07, 6.45) is 0. The molecule has 3 heteroatoms. The van der Waals surface area contributed by atoms with E-state index >= 15 is 0 Å². The van der Waals surface area contributed by atoms with Crippen molar-refractivity contribution in [2.75, 3.05) is 0 Å². The van der Waals surface area contributed by atoms with Crippen molar-refractivity contribution in [2.45, 2.75) is 11.8 Å². The summed E-state index contributed by atoms with van der Waals surface area (Å²) in [4.78, 5) is 1.00. The Kier molecular flexibility index (Phi) is 3.57. The van der Waals surface area contributed by atoms with Crippen molar-refractivity contribution in [3.05, 3.63) is 34.0 Å². The van der Waals surface area contributed by atoms with Crippen molar-refractivity contribution in [3.8, 4) is 0 Å². The predicted octanol–water partition coefficient (Wildman–Crippen LogP) is 4.27. The SMILES string of the molecule is C[CH]Sc1cccc(Cl)c1Cl. The Labute approximate surface area is 80.9 Å². The van der Waals surface area contributed by atoms with Gasteiger partial charge in [0.05, 0.1) is 10.0 Å². The van der Waals surface area contributed by atoms with Gasteiger partial charge in [-0.25, -0.2) is 0 Å². The third kappa shape index (κ3) is 2.29. The van der Waals surface area contributed by atoms with Crippen LogP contribution < -0.4 is 0 Å². The van der Waals surface area contributed by atoms with Gasteiger partial charge in [0.15, 0.2) is 0 Å². The molecule has 0 unspecified atom stereocenters. The first kappa shape index (κ1) is 9.24. The zero-order valence-electron chi connectivity index (χ0n) is 5.97. The molecular formula is C8H7Cl2S. The van der Waals surface area contributed by atoms with Gasteiger partial charge in [0.2, 0.25) is 0 Å². The van der Waals surface area contributed by atoms with Gasteiger partial charge in [0.1, 0.15) is 0 Å². The molecule has 0 aliphatic rings. The Morgan fingerprint density at radius 1 is 1.36 bits per heavy atom. The van der Waals surface area contributed by atoms with Gasteiger partial charge in [0, 0.05) is 10.6 Å². The Morgan fingerprint density at radius 2 is 2.09 bits per heavy atom. The van der Waals surface area contributed by atoms with Gasteiger partial charge in [-0.05, 0) is 12.1 Å². The highest BCUT2D eigenvalue weighted by Gasteiger charge is 2.02. The molecule has 0 spiro atoms. The van der Waals surface area contributed by atoms with Gasteiger partial charge < -0.3 is 0 Å². The fraction of sp³-hybridized carbons (Fsp3) is 0.125. The van der Waals surface area contributed by atoms with Crippen LogP contribution in [0.25, 0.3) is 0 Å². The molecular weight excluding hydrogens is 199 g/mol. The van der Waals surface area contributed by atoms with E-state index in [2.05, 4.69) is 0 Å². The molecule has 11 heavy (non-hydrogen) atoms. The molecule has 1 rings (SSSR count). The van der Waals surface area contributed by atoms with Crippen LogP contribution in [0.4, 0.5) is 0 Å². The number of hydrogen-bond donors (Lipinski definition) is 0. The highest BCUT2D eigenvalue weighted by atomic mass is 35.5. The summed E-state index contributed by atoms with van der Waals surface area (Å²) in [7, 11) is 0. The van der Waals surface area contributed by atoms with E-state index in [1.807, 2.05) is 24.8 Å². The lowest BCUT2D eigenvalue weighted by molar-refractivity contribution is 1.46. The zero-order valence-corrected chi connectivity index (χ0v) is 8.30. The summed E-state index contributed by atoms with van der Waals surface area (Å²) in [6.45, 7) is 1.96. The molecule has 0 N–H and O–H groups in total. The molecule has 1 aromatic carbocycles. The van der Waals surface area contributed by atoms with E-state index < -0.39 is 0 Å². The molecule has 0 aliphatic heterocycles. The second-order valence-corrected chi connectivity index (χ2v) is 3.84. The van der Waals surface area contributed by atoms with E-state index in [-0.39, 0.29) is 0 Å². The number of hydrogen-bond acceptors (Lipinski definition) is 1. The van der Waals surface area contributed by atoms with Gasteiger partial charge in [-0.2, -0.15) is 0 Å². The molecule has 0 heterocycles. The molecule has 0 bridgehead atoms. The molecule has 0 atom stereocenters. The largest absolute Gasteiger partial charge is 0.120 e. The van der Waals surface area contributed by atoms with E-state index in [0.29, 0.717) is 10.0 Å². The van der Waals surface area contributed by atoms with Crippen molar-refractivity contribution in [1.29, 1.82) is 0 Å². The lowest BCUT2D eigenvalue weighted by atomic mass is 10.4. The normalized spacial score (nSPS) is 10.1. The highest BCUT2D eigenvalue weighted by Crippen LogP contribution is 2.33. The van der Waals surface area contributed by atoms with Crippen LogP contribution in [0, 0.1) is 5.75 Å². The third-order valence-electron chi connectivity index (χ3n) is 1.16. The minimum Gasteiger partial charge on any atom is -0.120 e. The van der Waals surface area contributed by atoms with Gasteiger partial charge in [0.25, 0.3) is 0 Å². The summed E-state index contributed by atoms with van der Waals surface area (Å²) < 4.78 is 0. The standard InChI is InChI=1S/C8H7Cl2S/c1-2-11-7-5-3-4-6(9)8(7)10/h2-5H,1H3. The second kappa shape index (κ2) is 4.24. The summed E-state index contributed by atoms with van der Waals surface area (Å²) in [6, 6.07) is 5.61. The lowest BCUT2D eigenvalue weighted by Crippen LogP contribution is -1.73. The van der Waals surface area contributed by atoms with Crippen LogP contribution in [0.5, 0.6) is 0 Å². The second-order valence-electron chi connectivity index (χ2n) is 1.91. The van der Waals surface area contributed by atoms with Gasteiger partial charge in [-0.3, -0.25) is 0 Å². The van der Waals surface area contributed by atoms with Crippen LogP contribution in [0.3, 0.4) is 0 Å². The first-order valence-corrected chi connectivity index (χ1v) is 4.77. The van der Waals surface area contributed by atoms with Crippen molar-refractivity contribution < 1.29 is 0 Å². The lowest BCUT2D eigenvalue weighted by Gasteiger charge is -2.01. The Morgan fingerprint density at radius 3 is 2.73 bits per heavy atom. The maximum Gasteiger partial charge on any atom is 0.0728 e. The molecule has 59 valence electrons. The monoisotopic (exact) mass is 205 g/mol. The van der Waals surface area contributed by atoms with Crippen LogP contribution in [-0.4, -0.2) is 0 Å². The van der Waals surface area contributed by atoms with Crippen LogP contribution in [0.1, 0.15) is 6.92 Å². The molecule has 0 nitrogen and oxygen atoms in total. The summed E-state index contributed by atoms with van der Waals surface area (Å²) in [5, 5.41) is 1.25. The third-order valence-corrected chi connectivity index (χ3v) is 2.92. The van der Waals surface area contributed by atoms with Gasteiger partial charge in [-0.15, -0.1) is 11.8 Å². The quantitative estimate of drug-likeness (QED) is 0.651. The van der Waals surface area contributed by atoms with Crippen molar-refractivity contribution in [1.82, 2.24) is 0 Å². The smallest absolute Gasteiger partial charge is 0.0728 e. The first-order valence-electron chi connectivity index (χ1n) is 3.14. The molecule has 0 aromatic heterocycles. The average molecular weight is 206 g/mol. The van der Waals surface area contributed by atoms with Crippen molar-refractivity contribution >= 4 is 35.0 Å². The molecule has 0 saturated heterocycles. The summed E-state index contributed by atoms with van der Waals surface area (Å²) >= 11 is 13.3. The van der Waals surface area contributed by atoms with E-state index in [4.69, 9.17) is 23.2 Å². The molecule has 1 aromatic rings. The van der Waals surface area contributed by atoms with Crippen molar-refractivity contribution in [3.63, 3.8) is 0 Å². The minimum atomic E-state index is 0.610. The first-order chi connectivity index (χ1) is 5.25. The van der Waals surface area contributed by atoms with E-state index in [1.54, 1.807) is 17.8 Å². The van der Waals surface area contributed by atoms with E-state index in [1.165, 1.54) is 0 Å². The highest BCUT2D eigenvalue weighted by molar-refractivity contribution is 8.01. The predicted molar refractivity (Wildman–Crippen MR) is 52.3 cm³/mol. The molecule has 0 saturated carbocycles. The molecule has 1 radical (unpaired) electrons. The molecule has 0 aliphatic carbocycles. The minimum absolute atomic E-state index is 0.610. The molecule has 0 fully saturated rings. The topological polar surface area (TPSA) is 0 Å². The number of thioether (sulfide) groups is 1. The molecule has 0 amide bonds. The Balaban J connectivity index is 2.96. The number of rotatable bonds is 2. The Bertz CT molecular complexity index is 248. The zero-order chi connectivity index (χ0) is 8.27. The number of halogens is 2. The van der Waals surface area contributed by atoms with Crippen LogP contribution in [0.2, 0.25) is 10.0 Å². The maximum absolute atomic E-state index is 5.90. The summed E-state index contributed by atoms with van der Waals surface area (Å²) in [5.41, 5.74) is 0. The average Bonchev–Trinajstić information content (AvgIpc) is 1.99. The van der Waals surface area contributed by atoms with Crippen LogP contribution in [0.15, 0.2) is 23.1 Å². The van der Waals surface area contributed by atoms with E-state index in [9.17, 15) is 0 Å². The van der Waals surface area contributed by atoms with Crippen LogP contribution in [-0.2, 0) is 0 Å².